The lowest BCUT2D eigenvalue weighted by Crippen LogP contribution is -2.34. The van der Waals surface area contributed by atoms with Gasteiger partial charge in [0.2, 0.25) is 5.78 Å². The molecule has 110 valence electrons. The molecule has 22 heavy (non-hydrogen) atoms. The monoisotopic (exact) mass is 292 g/mol. The van der Waals surface area contributed by atoms with Crippen molar-refractivity contribution in [1.29, 1.82) is 0 Å². The first-order chi connectivity index (χ1) is 10.6. The minimum atomic E-state index is -0.244. The summed E-state index contributed by atoms with van der Waals surface area (Å²) in [6, 6.07) is 14.6. The molecule has 0 spiro atoms. The van der Waals surface area contributed by atoms with E-state index in [9.17, 15) is 9.59 Å². The maximum Gasteiger partial charge on any atom is 0.256 e. The molecule has 2 aromatic carbocycles. The lowest BCUT2D eigenvalue weighted by atomic mass is 9.96. The Morgan fingerprint density at radius 2 is 1.55 bits per heavy atom. The van der Waals surface area contributed by atoms with Crippen LogP contribution in [0.3, 0.4) is 0 Å². The lowest BCUT2D eigenvalue weighted by molar-refractivity contribution is 0.0910. The van der Waals surface area contributed by atoms with Crippen molar-refractivity contribution in [1.82, 2.24) is 5.32 Å². The summed E-state index contributed by atoms with van der Waals surface area (Å²) in [4.78, 5) is 26.5. The van der Waals surface area contributed by atoms with E-state index in [1.54, 1.807) is 30.3 Å². The van der Waals surface area contributed by atoms with Gasteiger partial charge in [-0.1, -0.05) is 30.3 Å². The van der Waals surface area contributed by atoms with Gasteiger partial charge in [-0.3, -0.25) is 9.59 Å². The number of benzene rings is 2. The highest BCUT2D eigenvalue weighted by Crippen LogP contribution is 2.21. The number of nitrogens with zero attached hydrogens (tertiary/aromatic N) is 1. The van der Waals surface area contributed by atoms with Gasteiger partial charge in [0.1, 0.15) is 0 Å². The largest absolute Gasteiger partial charge is 0.378 e. The molecule has 1 aliphatic heterocycles. The number of nitrogens with one attached hydrogen (secondary N) is 1. The van der Waals surface area contributed by atoms with Crippen molar-refractivity contribution in [2.75, 3.05) is 19.0 Å². The summed E-state index contributed by atoms with van der Waals surface area (Å²) >= 11 is 0. The fourth-order valence-electron chi connectivity index (χ4n) is 2.41. The number of Topliss-reactive ketones (excluding diaryl/α,β-unsaturated/α-hetero) is 1. The summed E-state index contributed by atoms with van der Waals surface area (Å²) < 4.78 is 0. The van der Waals surface area contributed by atoms with Crippen molar-refractivity contribution in [3.8, 4) is 0 Å². The third kappa shape index (κ3) is 2.51. The molecule has 0 aromatic heterocycles. The fraction of sp³-hybridized carbons (Fsp3) is 0.111. The van der Waals surface area contributed by atoms with Crippen molar-refractivity contribution >= 4 is 23.5 Å². The molecular formula is C18H16N2O2. The van der Waals surface area contributed by atoms with E-state index in [0.717, 1.165) is 11.3 Å². The first-order valence-corrected chi connectivity index (χ1v) is 7.00. The molecule has 0 unspecified atom stereocenters. The molecule has 0 aliphatic carbocycles. The van der Waals surface area contributed by atoms with Crippen molar-refractivity contribution in [2.45, 2.75) is 0 Å². The van der Waals surface area contributed by atoms with Crippen LogP contribution in [-0.4, -0.2) is 25.8 Å². The first-order valence-electron chi connectivity index (χ1n) is 7.00. The summed E-state index contributed by atoms with van der Waals surface area (Å²) in [7, 11) is 3.94. The molecule has 0 bridgehead atoms. The summed E-state index contributed by atoms with van der Waals surface area (Å²) in [5.41, 5.74) is 3.12. The highest BCUT2D eigenvalue weighted by atomic mass is 16.2. The molecule has 0 saturated carbocycles. The van der Waals surface area contributed by atoms with Crippen LogP contribution < -0.4 is 10.2 Å². The van der Waals surface area contributed by atoms with Crippen LogP contribution in [0.25, 0.3) is 6.08 Å². The molecule has 1 amide bonds. The Balaban J connectivity index is 1.96. The topological polar surface area (TPSA) is 49.4 Å². The molecule has 0 atom stereocenters. The van der Waals surface area contributed by atoms with Gasteiger partial charge in [-0.15, -0.1) is 0 Å². The van der Waals surface area contributed by atoms with Gasteiger partial charge in [-0.2, -0.15) is 0 Å². The lowest BCUT2D eigenvalue weighted by Gasteiger charge is -2.18. The van der Waals surface area contributed by atoms with E-state index in [2.05, 4.69) is 5.32 Å². The highest BCUT2D eigenvalue weighted by Gasteiger charge is 2.26. The number of hydrogen-bond donors (Lipinski definition) is 1. The van der Waals surface area contributed by atoms with E-state index in [-0.39, 0.29) is 11.7 Å². The molecule has 3 rings (SSSR count). The SMILES string of the molecule is CN(C)c1ccc(/C=C2\NC(=O)c3ccccc3C2=O)cc1. The van der Waals surface area contributed by atoms with Crippen molar-refractivity contribution in [3.63, 3.8) is 0 Å². The Morgan fingerprint density at radius 1 is 0.909 bits per heavy atom. The van der Waals surface area contributed by atoms with Crippen molar-refractivity contribution < 1.29 is 9.59 Å². The molecular weight excluding hydrogens is 276 g/mol. The predicted molar refractivity (Wildman–Crippen MR) is 87.0 cm³/mol. The van der Waals surface area contributed by atoms with Gasteiger partial charge in [-0.05, 0) is 29.8 Å². The average molecular weight is 292 g/mol. The summed E-state index contributed by atoms with van der Waals surface area (Å²) in [6.45, 7) is 0. The van der Waals surface area contributed by atoms with Gasteiger partial charge in [0, 0.05) is 25.3 Å². The van der Waals surface area contributed by atoms with Gasteiger partial charge in [0.05, 0.1) is 11.3 Å². The van der Waals surface area contributed by atoms with Crippen LogP contribution in [0.15, 0.2) is 54.2 Å². The first kappa shape index (κ1) is 14.1. The van der Waals surface area contributed by atoms with Crippen LogP contribution in [0, 0.1) is 0 Å². The van der Waals surface area contributed by atoms with Gasteiger partial charge < -0.3 is 10.2 Å². The molecule has 4 nitrogen and oxygen atoms in total. The van der Waals surface area contributed by atoms with Crippen LogP contribution >= 0.6 is 0 Å². The molecule has 0 fully saturated rings. The van der Waals surface area contributed by atoms with Crippen LogP contribution in [0.1, 0.15) is 26.3 Å². The standard InChI is InChI=1S/C18H16N2O2/c1-20(2)13-9-7-12(8-10-13)11-16-17(21)14-5-3-4-6-15(14)18(22)19-16/h3-11H,1-2H3,(H,19,22)/b16-11-. The van der Waals surface area contributed by atoms with Crippen molar-refractivity contribution in [3.05, 3.63) is 70.9 Å². The summed E-state index contributed by atoms with van der Waals surface area (Å²) in [6.07, 6.45) is 1.70. The zero-order valence-electron chi connectivity index (χ0n) is 12.5. The number of anilines is 1. The number of allylic oxidation sites excluding steroid dienone is 1. The molecule has 1 aliphatic rings. The third-order valence-corrected chi connectivity index (χ3v) is 3.63. The second-order valence-corrected chi connectivity index (χ2v) is 5.37. The second-order valence-electron chi connectivity index (χ2n) is 5.37. The van der Waals surface area contributed by atoms with Crippen LogP contribution in [0.5, 0.6) is 0 Å². The zero-order valence-corrected chi connectivity index (χ0v) is 12.5. The van der Waals surface area contributed by atoms with Gasteiger partial charge in [-0.25, -0.2) is 0 Å². The van der Waals surface area contributed by atoms with Crippen LogP contribution in [0.4, 0.5) is 5.69 Å². The average Bonchev–Trinajstić information content (AvgIpc) is 2.53. The minimum absolute atomic E-state index is 0.160. The van der Waals surface area contributed by atoms with Gasteiger partial charge in [0.25, 0.3) is 5.91 Å². The Labute approximate surface area is 129 Å². The minimum Gasteiger partial charge on any atom is -0.378 e. The number of carbonyl (C=O) groups is 2. The Hall–Kier alpha value is -2.88. The fourth-order valence-corrected chi connectivity index (χ4v) is 2.41. The molecule has 4 heteroatoms. The van der Waals surface area contributed by atoms with E-state index >= 15 is 0 Å². The number of carbonyl (C=O) groups excluding carboxylic acids is 2. The van der Waals surface area contributed by atoms with E-state index < -0.39 is 0 Å². The van der Waals surface area contributed by atoms with Gasteiger partial charge >= 0.3 is 0 Å². The smallest absolute Gasteiger partial charge is 0.256 e. The predicted octanol–water partition coefficient (Wildman–Crippen LogP) is 2.72. The van der Waals surface area contributed by atoms with Crippen molar-refractivity contribution in [2.24, 2.45) is 0 Å². The van der Waals surface area contributed by atoms with E-state index in [1.807, 2.05) is 43.3 Å². The molecule has 1 N–H and O–H groups in total. The highest BCUT2D eigenvalue weighted by molar-refractivity contribution is 6.22. The van der Waals surface area contributed by atoms with E-state index in [4.69, 9.17) is 0 Å². The zero-order chi connectivity index (χ0) is 15.7. The Morgan fingerprint density at radius 3 is 2.18 bits per heavy atom. The number of rotatable bonds is 2. The maximum atomic E-state index is 12.5. The number of ketones is 1. The molecule has 0 saturated heterocycles. The summed E-state index contributed by atoms with van der Waals surface area (Å²) in [5.74, 6) is -0.404. The Bertz CT molecular complexity index is 774. The van der Waals surface area contributed by atoms with Gasteiger partial charge in [0.15, 0.2) is 0 Å². The quantitative estimate of drug-likeness (QED) is 0.866. The van der Waals surface area contributed by atoms with Crippen LogP contribution in [0.2, 0.25) is 0 Å². The normalized spacial score (nSPS) is 15.5. The number of amides is 1. The van der Waals surface area contributed by atoms with E-state index in [1.165, 1.54) is 0 Å². The summed E-state index contributed by atoms with van der Waals surface area (Å²) in [5, 5.41) is 2.67. The Kier molecular flexibility index (Phi) is 3.51. The second kappa shape index (κ2) is 5.48. The molecule has 1 heterocycles. The maximum absolute atomic E-state index is 12.5. The molecule has 0 radical (unpaired) electrons. The van der Waals surface area contributed by atoms with E-state index in [0.29, 0.717) is 16.8 Å². The number of hydrogen-bond acceptors (Lipinski definition) is 3. The van der Waals surface area contributed by atoms with Crippen LogP contribution in [-0.2, 0) is 0 Å². The third-order valence-electron chi connectivity index (χ3n) is 3.63. The molecule has 2 aromatic rings. The number of fused-ring (bicyclic) bond motifs is 1.